The van der Waals surface area contributed by atoms with Gasteiger partial charge in [0.2, 0.25) is 0 Å². The summed E-state index contributed by atoms with van der Waals surface area (Å²) < 4.78 is 22.8. The molecule has 0 N–H and O–H groups in total. The van der Waals surface area contributed by atoms with Crippen LogP contribution in [0.2, 0.25) is 13.3 Å². The van der Waals surface area contributed by atoms with Gasteiger partial charge in [-0.2, -0.15) is 0 Å². The van der Waals surface area contributed by atoms with E-state index in [4.69, 9.17) is 14.2 Å². The molecule has 0 fully saturated rings. The SMILES string of the molecule is CCC[CH2][Sn]([CH2]CCC)([CH2]CCC)[c]1ccc(OC)c(OC)c1OC. The van der Waals surface area contributed by atoms with Crippen LogP contribution in [0.15, 0.2) is 12.1 Å². The van der Waals surface area contributed by atoms with Gasteiger partial charge in [0, 0.05) is 0 Å². The summed E-state index contributed by atoms with van der Waals surface area (Å²) in [6.45, 7) is 6.92. The van der Waals surface area contributed by atoms with Crippen LogP contribution in [0.25, 0.3) is 0 Å². The minimum atomic E-state index is -2.57. The van der Waals surface area contributed by atoms with Crippen LogP contribution in [0.3, 0.4) is 0 Å². The van der Waals surface area contributed by atoms with Crippen molar-refractivity contribution in [1.82, 2.24) is 0 Å². The molecule has 1 aromatic rings. The molecule has 4 heteroatoms. The molecule has 0 saturated carbocycles. The Morgan fingerprint density at radius 3 is 1.52 bits per heavy atom. The third-order valence-electron chi connectivity index (χ3n) is 5.30. The van der Waals surface area contributed by atoms with Gasteiger partial charge in [0.05, 0.1) is 0 Å². The Bertz CT molecular complexity index is 480. The van der Waals surface area contributed by atoms with Gasteiger partial charge in [0.1, 0.15) is 0 Å². The Morgan fingerprint density at radius 1 is 0.680 bits per heavy atom. The summed E-state index contributed by atoms with van der Waals surface area (Å²) >= 11 is -2.57. The van der Waals surface area contributed by atoms with E-state index < -0.39 is 18.4 Å². The Hall–Kier alpha value is -0.581. The first kappa shape index (κ1) is 22.5. The van der Waals surface area contributed by atoms with Crippen molar-refractivity contribution in [3.63, 3.8) is 0 Å². The molecule has 0 bridgehead atoms. The average molecular weight is 457 g/mol. The zero-order valence-corrected chi connectivity index (χ0v) is 20.1. The molecule has 0 radical (unpaired) electrons. The standard InChI is InChI=1S/C9H11O3.3C4H9.Sn/c1-10-7-5-4-6-8(11-2)9(7)12-3;3*1-3-4-2;/h4-5H,1-3H3;3*1,3-4H2,2H3;. The fourth-order valence-corrected chi connectivity index (χ4v) is 20.3. The van der Waals surface area contributed by atoms with E-state index in [0.717, 1.165) is 17.2 Å². The van der Waals surface area contributed by atoms with Gasteiger partial charge in [-0.05, 0) is 0 Å². The van der Waals surface area contributed by atoms with Crippen molar-refractivity contribution < 1.29 is 14.2 Å². The van der Waals surface area contributed by atoms with Gasteiger partial charge in [-0.15, -0.1) is 0 Å². The summed E-state index contributed by atoms with van der Waals surface area (Å²) in [6, 6.07) is 4.39. The number of hydrogen-bond acceptors (Lipinski definition) is 3. The van der Waals surface area contributed by atoms with Crippen LogP contribution >= 0.6 is 0 Å². The molecule has 144 valence electrons. The van der Waals surface area contributed by atoms with Crippen molar-refractivity contribution >= 4 is 22.0 Å². The van der Waals surface area contributed by atoms with Gasteiger partial charge in [-0.3, -0.25) is 0 Å². The third kappa shape index (κ3) is 5.70. The number of benzene rings is 1. The van der Waals surface area contributed by atoms with Crippen molar-refractivity contribution in [2.45, 2.75) is 72.6 Å². The van der Waals surface area contributed by atoms with Gasteiger partial charge >= 0.3 is 159 Å². The first-order valence-corrected chi connectivity index (χ1v) is 17.4. The molecule has 0 heterocycles. The quantitative estimate of drug-likeness (QED) is 0.352. The molecule has 1 aromatic carbocycles. The van der Waals surface area contributed by atoms with E-state index in [1.165, 1.54) is 55.4 Å². The van der Waals surface area contributed by atoms with Gasteiger partial charge in [-0.1, -0.05) is 0 Å². The molecule has 0 spiro atoms. The Morgan fingerprint density at radius 2 is 1.16 bits per heavy atom. The molecule has 0 aliphatic rings. The molecule has 0 amide bonds. The van der Waals surface area contributed by atoms with E-state index >= 15 is 0 Å². The first-order chi connectivity index (χ1) is 12.1. The molecule has 25 heavy (non-hydrogen) atoms. The van der Waals surface area contributed by atoms with Crippen LogP contribution in [0.4, 0.5) is 0 Å². The average Bonchev–Trinajstić information content (AvgIpc) is 2.66. The van der Waals surface area contributed by atoms with E-state index in [2.05, 4.69) is 32.9 Å². The normalized spacial score (nSPS) is 11.4. The predicted octanol–water partition coefficient (Wildman–Crippen LogP) is 5.77. The van der Waals surface area contributed by atoms with Crippen molar-refractivity contribution in [3.8, 4) is 17.2 Å². The summed E-state index contributed by atoms with van der Waals surface area (Å²) in [5.74, 6) is 2.48. The summed E-state index contributed by atoms with van der Waals surface area (Å²) in [6.07, 6.45) is 7.81. The zero-order chi connectivity index (χ0) is 18.7. The number of methoxy groups -OCH3 is 3. The van der Waals surface area contributed by atoms with Gasteiger partial charge in [0.25, 0.3) is 0 Å². The van der Waals surface area contributed by atoms with Crippen molar-refractivity contribution in [3.05, 3.63) is 12.1 Å². The summed E-state index contributed by atoms with van der Waals surface area (Å²) in [7, 11) is 5.18. The molecular formula is C21H38O3Sn. The second kappa shape index (κ2) is 11.9. The maximum atomic E-state index is 5.90. The topological polar surface area (TPSA) is 27.7 Å². The maximum absolute atomic E-state index is 5.90. The summed E-state index contributed by atoms with van der Waals surface area (Å²) in [4.78, 5) is 0. The molecule has 0 aromatic heterocycles. The second-order valence-corrected chi connectivity index (χ2v) is 20.1. The van der Waals surface area contributed by atoms with E-state index in [-0.39, 0.29) is 0 Å². The number of ether oxygens (including phenoxy) is 3. The summed E-state index contributed by atoms with van der Waals surface area (Å²) in [5, 5.41) is 0. The van der Waals surface area contributed by atoms with Crippen LogP contribution < -0.4 is 17.8 Å². The molecule has 3 nitrogen and oxygen atoms in total. The monoisotopic (exact) mass is 458 g/mol. The second-order valence-electron chi connectivity index (χ2n) is 6.97. The van der Waals surface area contributed by atoms with Gasteiger partial charge in [-0.25, -0.2) is 0 Å². The van der Waals surface area contributed by atoms with Crippen molar-refractivity contribution in [1.29, 1.82) is 0 Å². The Kier molecular flexibility index (Phi) is 10.7. The molecule has 0 unspecified atom stereocenters. The minimum absolute atomic E-state index is 0.768. The number of rotatable bonds is 13. The molecule has 0 saturated heterocycles. The fourth-order valence-electron chi connectivity index (χ4n) is 3.84. The van der Waals surface area contributed by atoms with Crippen LogP contribution in [-0.2, 0) is 0 Å². The fraction of sp³-hybridized carbons (Fsp3) is 0.714. The zero-order valence-electron chi connectivity index (χ0n) is 17.2. The van der Waals surface area contributed by atoms with Crippen molar-refractivity contribution in [2.24, 2.45) is 0 Å². The third-order valence-corrected chi connectivity index (χ3v) is 20.9. The molecule has 1 rings (SSSR count). The van der Waals surface area contributed by atoms with E-state index in [9.17, 15) is 0 Å². The van der Waals surface area contributed by atoms with E-state index in [1.54, 1.807) is 21.3 Å². The number of unbranched alkanes of at least 4 members (excludes halogenated alkanes) is 3. The van der Waals surface area contributed by atoms with Crippen LogP contribution in [0.1, 0.15) is 59.3 Å². The van der Waals surface area contributed by atoms with Crippen molar-refractivity contribution in [2.75, 3.05) is 21.3 Å². The van der Waals surface area contributed by atoms with E-state index in [0.29, 0.717) is 0 Å². The Balaban J connectivity index is 3.48. The van der Waals surface area contributed by atoms with Gasteiger partial charge in [0.15, 0.2) is 0 Å². The predicted molar refractivity (Wildman–Crippen MR) is 111 cm³/mol. The first-order valence-electron chi connectivity index (χ1n) is 9.93. The van der Waals surface area contributed by atoms with Crippen LogP contribution in [-0.4, -0.2) is 39.7 Å². The summed E-state index contributed by atoms with van der Waals surface area (Å²) in [5.41, 5.74) is 0. The molecule has 0 aliphatic heterocycles. The number of hydrogen-bond donors (Lipinski definition) is 0. The molecule has 0 atom stereocenters. The molecular weight excluding hydrogens is 419 g/mol. The molecule has 0 aliphatic carbocycles. The van der Waals surface area contributed by atoms with E-state index in [1.807, 2.05) is 0 Å². The Labute approximate surface area is 159 Å². The van der Waals surface area contributed by atoms with Gasteiger partial charge < -0.3 is 0 Å². The van der Waals surface area contributed by atoms with Crippen LogP contribution in [0, 0.1) is 0 Å². The van der Waals surface area contributed by atoms with Crippen LogP contribution in [0.5, 0.6) is 17.2 Å².